The number of anilines is 2. The standard InChI is InChI=1S/C94H60N8O2.2Ir/c1-101(77-45-39-67(40-46-77)89-29-13-17-53-97-89)93(103)75-58-74(59-76(60-75)94(104)102(2)78-47-41-68(42-48-78)90-30-14-18-54-98-90)86-26-10-6-22-82(86)70-44-50-92(100-62-70)91-49-43-69(61-99-91)81-21-5-9-25-85(81)73-56-71(83-23-7-3-19-79(83)63-31-35-65(36-32-63)87-27-11-15-51-95-87)55-72(57-73)84-24-8-4-20-80(84)64-33-37-66(38-34-64)88-28-12-16-52-96-88;;/h3-35,37,39,41,43-48,51-62H,1-2H3;;/q-6;2*+3. The predicted octanol–water partition coefficient (Wildman–Crippen LogP) is 21.1. The molecule has 0 saturated heterocycles. The zero-order chi connectivity index (χ0) is 70.3. The van der Waals surface area contributed by atoms with Gasteiger partial charge in [0.1, 0.15) is 0 Å². The Hall–Kier alpha value is -12.7. The molecule has 16 aromatic rings. The van der Waals surface area contributed by atoms with Gasteiger partial charge in [-0.15, -0.1) is 131 Å². The molecule has 0 bridgehead atoms. The molecule has 0 N–H and O–H groups in total. The van der Waals surface area contributed by atoms with E-state index in [2.05, 4.69) is 184 Å². The third-order valence-electron chi connectivity index (χ3n) is 18.5. The van der Waals surface area contributed by atoms with E-state index >= 15 is 0 Å². The Morgan fingerprint density at radius 3 is 0.802 bits per heavy atom. The summed E-state index contributed by atoms with van der Waals surface area (Å²) in [7, 11) is 3.43. The SMILES string of the molecule is CN(C(=O)c1cc(C(=O)N(C)c2c[c-]c(-c3ccccn3)cc2)cc(-c2ccccc2-c2c[c-]c(-c3[c-]cc(-c4ccccc4-c4cc(-c5ccccc5-c5c[c-]c(-c6ccccn6)cc5)cc(-c5ccccc5-c5c[c-]c(-c6ccccn6)cc5)c4)cn3)nc2)c1)c1c[c-]c(-c2ccccn2)cc1.[Ir+3].[Ir+3]. The fraction of sp³-hybridized carbons (Fsp3) is 0.0213. The van der Waals surface area contributed by atoms with Gasteiger partial charge in [-0.2, -0.15) is 12.1 Å². The van der Waals surface area contributed by atoms with E-state index in [9.17, 15) is 9.59 Å². The van der Waals surface area contributed by atoms with E-state index in [1.54, 1.807) is 73.1 Å². The Labute approximate surface area is 643 Å². The van der Waals surface area contributed by atoms with Gasteiger partial charge in [-0.3, -0.25) is 9.59 Å². The van der Waals surface area contributed by atoms with Crippen LogP contribution in [0.15, 0.2) is 328 Å². The molecule has 0 aliphatic heterocycles. The molecule has 0 aliphatic rings. The molecule has 0 saturated carbocycles. The molecule has 0 unspecified atom stereocenters. The summed E-state index contributed by atoms with van der Waals surface area (Å²) >= 11 is 0. The van der Waals surface area contributed by atoms with Crippen molar-refractivity contribution in [1.29, 1.82) is 0 Å². The largest absolute Gasteiger partial charge is 3.00 e. The molecule has 12 heteroatoms. The fourth-order valence-corrected chi connectivity index (χ4v) is 13.1. The zero-order valence-corrected chi connectivity index (χ0v) is 62.0. The first-order valence-corrected chi connectivity index (χ1v) is 34.0. The number of nitrogens with zero attached hydrogens (tertiary/aromatic N) is 8. The average molecular weight is 1720 g/mol. The van der Waals surface area contributed by atoms with Crippen LogP contribution < -0.4 is 9.80 Å². The van der Waals surface area contributed by atoms with Crippen LogP contribution in [0.3, 0.4) is 0 Å². The van der Waals surface area contributed by atoms with Crippen LogP contribution in [0.4, 0.5) is 11.4 Å². The number of amides is 2. The number of aromatic nitrogens is 6. The molecule has 6 aromatic heterocycles. The number of hydrogen-bond donors (Lipinski definition) is 0. The molecule has 16 rings (SSSR count). The van der Waals surface area contributed by atoms with Gasteiger partial charge in [0.2, 0.25) is 11.8 Å². The number of benzene rings is 10. The van der Waals surface area contributed by atoms with Crippen molar-refractivity contribution in [2.24, 2.45) is 0 Å². The zero-order valence-electron chi connectivity index (χ0n) is 57.2. The second-order valence-corrected chi connectivity index (χ2v) is 25.0. The van der Waals surface area contributed by atoms with Crippen LogP contribution in [-0.4, -0.2) is 55.8 Å². The van der Waals surface area contributed by atoms with E-state index in [0.29, 0.717) is 39.5 Å². The van der Waals surface area contributed by atoms with Gasteiger partial charge in [0.15, 0.2) is 0 Å². The van der Waals surface area contributed by atoms with Gasteiger partial charge in [0.05, 0.1) is 0 Å². The van der Waals surface area contributed by atoms with Gasteiger partial charge in [0.25, 0.3) is 0 Å². The summed E-state index contributed by atoms with van der Waals surface area (Å²) in [6.45, 7) is 0. The Morgan fingerprint density at radius 2 is 0.538 bits per heavy atom. The van der Waals surface area contributed by atoms with Gasteiger partial charge in [-0.25, -0.2) is 12.1 Å². The first kappa shape index (κ1) is 70.4. The molecule has 0 atom stereocenters. The molecule has 0 spiro atoms. The predicted molar refractivity (Wildman–Crippen MR) is 415 cm³/mol. The minimum atomic E-state index is -0.318. The first-order valence-electron chi connectivity index (χ1n) is 34.0. The molecule has 10 aromatic carbocycles. The number of carbonyl (C=O) groups excluding carboxylic acids is 2. The van der Waals surface area contributed by atoms with Crippen LogP contribution in [0.25, 0.3) is 145 Å². The molecule has 0 radical (unpaired) electrons. The normalized spacial score (nSPS) is 10.8. The van der Waals surface area contributed by atoms with Crippen molar-refractivity contribution < 1.29 is 49.8 Å². The van der Waals surface area contributed by atoms with E-state index in [-0.39, 0.29) is 52.0 Å². The van der Waals surface area contributed by atoms with Crippen LogP contribution in [0, 0.1) is 36.4 Å². The number of hydrogen-bond acceptors (Lipinski definition) is 8. The molecular weight excluding hydrogens is 1660 g/mol. The number of pyridine rings is 6. The van der Waals surface area contributed by atoms with E-state index in [4.69, 9.17) is 9.97 Å². The summed E-state index contributed by atoms with van der Waals surface area (Å²) in [5, 5.41) is 0. The topological polar surface area (TPSA) is 118 Å². The van der Waals surface area contributed by atoms with E-state index in [0.717, 1.165) is 128 Å². The summed E-state index contributed by atoms with van der Waals surface area (Å²) in [6.07, 6.45) is 10.8. The molecule has 0 fully saturated rings. The van der Waals surface area contributed by atoms with Crippen molar-refractivity contribution in [1.82, 2.24) is 29.9 Å². The summed E-state index contributed by atoms with van der Waals surface area (Å²) < 4.78 is 0. The van der Waals surface area contributed by atoms with Gasteiger partial charge in [-0.1, -0.05) is 190 Å². The third-order valence-corrected chi connectivity index (χ3v) is 18.5. The molecule has 106 heavy (non-hydrogen) atoms. The number of carbonyl (C=O) groups is 2. The molecule has 2 amide bonds. The number of rotatable bonds is 17. The van der Waals surface area contributed by atoms with Crippen LogP contribution in [-0.2, 0) is 40.2 Å². The Bertz CT molecular complexity index is 5500. The van der Waals surface area contributed by atoms with Crippen LogP contribution in [0.1, 0.15) is 20.7 Å². The van der Waals surface area contributed by atoms with E-state index < -0.39 is 0 Å². The van der Waals surface area contributed by atoms with Gasteiger partial charge < -0.3 is 39.7 Å². The minimum Gasteiger partial charge on any atom is -0.357 e. The molecule has 6 heterocycles. The van der Waals surface area contributed by atoms with Crippen molar-refractivity contribution in [3.63, 3.8) is 0 Å². The van der Waals surface area contributed by atoms with Gasteiger partial charge in [0, 0.05) is 50.0 Å². The van der Waals surface area contributed by atoms with Crippen LogP contribution in [0.2, 0.25) is 0 Å². The second-order valence-electron chi connectivity index (χ2n) is 25.0. The third kappa shape index (κ3) is 14.9. The molecular formula is C94H60Ir2N8O2. The molecule has 0 aliphatic carbocycles. The Morgan fingerprint density at radius 1 is 0.264 bits per heavy atom. The summed E-state index contributed by atoms with van der Waals surface area (Å²) in [6, 6.07) is 117. The smallest absolute Gasteiger partial charge is 0.357 e. The second kappa shape index (κ2) is 31.9. The van der Waals surface area contributed by atoms with E-state index in [1.807, 2.05) is 152 Å². The fourth-order valence-electron chi connectivity index (χ4n) is 13.1. The monoisotopic (exact) mass is 1720 g/mol. The quantitative estimate of drug-likeness (QED) is 0.0827. The van der Waals surface area contributed by atoms with Crippen molar-refractivity contribution in [3.8, 4) is 145 Å². The van der Waals surface area contributed by atoms with Crippen LogP contribution >= 0.6 is 0 Å². The summed E-state index contributed by atoms with van der Waals surface area (Å²) in [4.78, 5) is 60.9. The maximum absolute atomic E-state index is 14.8. The maximum Gasteiger partial charge on any atom is 3.00 e. The summed E-state index contributed by atoms with van der Waals surface area (Å²) in [5.74, 6) is -0.635. The van der Waals surface area contributed by atoms with Crippen molar-refractivity contribution in [2.75, 3.05) is 23.9 Å². The molecule has 10 nitrogen and oxygen atoms in total. The van der Waals surface area contributed by atoms with Crippen LogP contribution in [0.5, 0.6) is 0 Å². The first-order chi connectivity index (χ1) is 51.2. The molecule has 506 valence electrons. The Balaban J connectivity index is 0.00000472. The van der Waals surface area contributed by atoms with Gasteiger partial charge >= 0.3 is 40.2 Å². The van der Waals surface area contributed by atoms with E-state index in [1.165, 1.54) is 0 Å². The van der Waals surface area contributed by atoms with Gasteiger partial charge in [-0.05, 0) is 152 Å². The average Bonchev–Trinajstić information content (AvgIpc) is 0.781. The maximum atomic E-state index is 14.8. The Kier molecular flexibility index (Phi) is 21.2. The van der Waals surface area contributed by atoms with Crippen molar-refractivity contribution >= 4 is 23.2 Å². The minimum absolute atomic E-state index is 0. The van der Waals surface area contributed by atoms with Crippen molar-refractivity contribution in [2.45, 2.75) is 0 Å². The summed E-state index contributed by atoms with van der Waals surface area (Å²) in [5.41, 5.74) is 25.0. The van der Waals surface area contributed by atoms with Crippen molar-refractivity contribution in [3.05, 3.63) is 376 Å².